The van der Waals surface area contributed by atoms with Gasteiger partial charge in [-0.05, 0) is 19.3 Å². The number of hydrogen-bond donors (Lipinski definition) is 2. The molecule has 0 spiro atoms. The molecule has 4 heteroatoms. The minimum Gasteiger partial charge on any atom is -0.375 e. The average Bonchev–Trinajstić information content (AvgIpc) is 2.37. The highest BCUT2D eigenvalue weighted by Crippen LogP contribution is 2.16. The Bertz CT molecular complexity index is 161. The van der Waals surface area contributed by atoms with E-state index in [0.717, 1.165) is 19.3 Å². The van der Waals surface area contributed by atoms with Gasteiger partial charge in [0.25, 0.3) is 0 Å². The van der Waals surface area contributed by atoms with Gasteiger partial charge in [-0.2, -0.15) is 0 Å². The van der Waals surface area contributed by atoms with Gasteiger partial charge in [0.1, 0.15) is 6.61 Å². The summed E-state index contributed by atoms with van der Waals surface area (Å²) < 4.78 is 4.70. The van der Waals surface area contributed by atoms with Crippen molar-refractivity contribution in [3.8, 4) is 0 Å². The van der Waals surface area contributed by atoms with Crippen molar-refractivity contribution in [1.29, 1.82) is 0 Å². The van der Waals surface area contributed by atoms with Crippen LogP contribution in [0.5, 0.6) is 0 Å². The lowest BCUT2D eigenvalue weighted by Crippen LogP contribution is -2.45. The van der Waals surface area contributed by atoms with E-state index in [4.69, 9.17) is 10.5 Å². The van der Waals surface area contributed by atoms with Crippen molar-refractivity contribution in [2.24, 2.45) is 5.73 Å². The highest BCUT2D eigenvalue weighted by molar-refractivity contribution is 5.77. The van der Waals surface area contributed by atoms with Crippen molar-refractivity contribution in [2.75, 3.05) is 13.7 Å². The van der Waals surface area contributed by atoms with E-state index in [9.17, 15) is 4.79 Å². The van der Waals surface area contributed by atoms with Gasteiger partial charge in [0, 0.05) is 19.2 Å². The number of carbonyl (C=O) groups excluding carboxylic acids is 1. The zero-order chi connectivity index (χ0) is 8.97. The molecule has 2 atom stereocenters. The van der Waals surface area contributed by atoms with Crippen LogP contribution in [0.1, 0.15) is 19.3 Å². The summed E-state index contributed by atoms with van der Waals surface area (Å²) in [6.07, 6.45) is 3.12. The molecule has 3 N–H and O–H groups in total. The molecule has 2 unspecified atom stereocenters. The third-order valence-electron chi connectivity index (χ3n) is 2.19. The molecule has 0 aliphatic heterocycles. The second-order valence-corrected chi connectivity index (χ2v) is 3.20. The summed E-state index contributed by atoms with van der Waals surface area (Å²) in [6.45, 7) is 0.128. The molecule has 70 valence electrons. The average molecular weight is 172 g/mol. The highest BCUT2D eigenvalue weighted by atomic mass is 16.5. The summed E-state index contributed by atoms with van der Waals surface area (Å²) in [6, 6.07) is 0.290. The fraction of sp³-hybridized carbons (Fsp3) is 0.875. The van der Waals surface area contributed by atoms with E-state index in [2.05, 4.69) is 5.32 Å². The maximum atomic E-state index is 11.1. The molecule has 4 nitrogen and oxygen atoms in total. The molecule has 0 radical (unpaired) electrons. The van der Waals surface area contributed by atoms with Crippen LogP contribution in [0.4, 0.5) is 0 Å². The van der Waals surface area contributed by atoms with Gasteiger partial charge in [-0.3, -0.25) is 4.79 Å². The van der Waals surface area contributed by atoms with E-state index >= 15 is 0 Å². The predicted molar refractivity (Wildman–Crippen MR) is 45.6 cm³/mol. The molecular weight excluding hydrogens is 156 g/mol. The first-order valence-electron chi connectivity index (χ1n) is 4.28. The lowest BCUT2D eigenvalue weighted by atomic mass is 10.2. The monoisotopic (exact) mass is 172 g/mol. The second-order valence-electron chi connectivity index (χ2n) is 3.20. The van der Waals surface area contributed by atoms with Gasteiger partial charge < -0.3 is 15.8 Å². The van der Waals surface area contributed by atoms with Crippen LogP contribution in [-0.2, 0) is 9.53 Å². The standard InChI is InChI=1S/C8H16N2O2/c1-12-5-8(11)10-7-4-2-3-6(7)9/h6-7H,2-5,9H2,1H3,(H,10,11). The number of nitrogens with one attached hydrogen (secondary N) is 1. The minimum atomic E-state index is -0.0696. The Morgan fingerprint density at radius 2 is 2.42 bits per heavy atom. The van der Waals surface area contributed by atoms with E-state index in [1.807, 2.05) is 0 Å². The van der Waals surface area contributed by atoms with Crippen molar-refractivity contribution in [2.45, 2.75) is 31.3 Å². The second kappa shape index (κ2) is 4.42. The Morgan fingerprint density at radius 1 is 1.67 bits per heavy atom. The van der Waals surface area contributed by atoms with E-state index < -0.39 is 0 Å². The molecular formula is C8H16N2O2. The van der Waals surface area contributed by atoms with E-state index in [1.165, 1.54) is 7.11 Å². The zero-order valence-corrected chi connectivity index (χ0v) is 7.38. The van der Waals surface area contributed by atoms with Crippen LogP contribution in [0, 0.1) is 0 Å². The summed E-state index contributed by atoms with van der Waals surface area (Å²) in [5, 5.41) is 2.84. The minimum absolute atomic E-state index is 0.0696. The van der Waals surface area contributed by atoms with Crippen molar-refractivity contribution < 1.29 is 9.53 Å². The Morgan fingerprint density at radius 3 is 2.92 bits per heavy atom. The first-order valence-corrected chi connectivity index (χ1v) is 4.28. The van der Waals surface area contributed by atoms with Gasteiger partial charge in [0.15, 0.2) is 0 Å². The van der Waals surface area contributed by atoms with Crippen molar-refractivity contribution in [3.05, 3.63) is 0 Å². The molecule has 1 saturated carbocycles. The smallest absolute Gasteiger partial charge is 0.246 e. The van der Waals surface area contributed by atoms with Gasteiger partial charge in [-0.25, -0.2) is 0 Å². The summed E-state index contributed by atoms with van der Waals surface area (Å²) in [5.74, 6) is -0.0696. The van der Waals surface area contributed by atoms with Gasteiger partial charge in [0.05, 0.1) is 0 Å². The molecule has 1 rings (SSSR count). The topological polar surface area (TPSA) is 64.3 Å². The van der Waals surface area contributed by atoms with Gasteiger partial charge >= 0.3 is 0 Å². The quantitative estimate of drug-likeness (QED) is 0.610. The molecule has 1 aliphatic carbocycles. The van der Waals surface area contributed by atoms with Crippen LogP contribution in [0.3, 0.4) is 0 Å². The number of nitrogens with two attached hydrogens (primary N) is 1. The maximum Gasteiger partial charge on any atom is 0.246 e. The summed E-state index contributed by atoms with van der Waals surface area (Å²) >= 11 is 0. The zero-order valence-electron chi connectivity index (χ0n) is 7.38. The van der Waals surface area contributed by atoms with Gasteiger partial charge in [0.2, 0.25) is 5.91 Å². The van der Waals surface area contributed by atoms with E-state index in [0.29, 0.717) is 0 Å². The SMILES string of the molecule is COCC(=O)NC1CCCC1N. The molecule has 1 fully saturated rings. The third-order valence-corrected chi connectivity index (χ3v) is 2.19. The number of carbonyl (C=O) groups is 1. The molecule has 12 heavy (non-hydrogen) atoms. The number of rotatable bonds is 3. The third kappa shape index (κ3) is 2.46. The molecule has 0 aromatic carbocycles. The molecule has 0 saturated heterocycles. The molecule has 0 bridgehead atoms. The van der Waals surface area contributed by atoms with Crippen LogP contribution < -0.4 is 11.1 Å². The number of methoxy groups -OCH3 is 1. The van der Waals surface area contributed by atoms with Crippen molar-refractivity contribution in [1.82, 2.24) is 5.32 Å². The Balaban J connectivity index is 2.25. The van der Waals surface area contributed by atoms with Crippen molar-refractivity contribution in [3.63, 3.8) is 0 Å². The number of ether oxygens (including phenoxy) is 1. The maximum absolute atomic E-state index is 11.1. The predicted octanol–water partition coefficient (Wildman–Crippen LogP) is -0.371. The lowest BCUT2D eigenvalue weighted by Gasteiger charge is -2.16. The van der Waals surface area contributed by atoms with Crippen LogP contribution in [0.15, 0.2) is 0 Å². The van der Waals surface area contributed by atoms with Crippen LogP contribution >= 0.6 is 0 Å². The Labute approximate surface area is 72.5 Å². The molecule has 1 amide bonds. The normalized spacial score (nSPS) is 28.8. The molecule has 0 aromatic heterocycles. The molecule has 0 aromatic rings. The van der Waals surface area contributed by atoms with Crippen LogP contribution in [0.25, 0.3) is 0 Å². The number of amides is 1. The first kappa shape index (κ1) is 9.48. The Hall–Kier alpha value is -0.610. The lowest BCUT2D eigenvalue weighted by molar-refractivity contribution is -0.125. The largest absolute Gasteiger partial charge is 0.375 e. The van der Waals surface area contributed by atoms with Crippen LogP contribution in [0.2, 0.25) is 0 Å². The first-order chi connectivity index (χ1) is 5.74. The molecule has 1 aliphatic rings. The van der Waals surface area contributed by atoms with E-state index in [1.54, 1.807) is 0 Å². The Kier molecular flexibility index (Phi) is 3.49. The van der Waals surface area contributed by atoms with Gasteiger partial charge in [-0.1, -0.05) is 0 Å². The fourth-order valence-electron chi connectivity index (χ4n) is 1.55. The fourth-order valence-corrected chi connectivity index (χ4v) is 1.55. The highest BCUT2D eigenvalue weighted by Gasteiger charge is 2.24. The van der Waals surface area contributed by atoms with Crippen molar-refractivity contribution >= 4 is 5.91 Å². The summed E-state index contributed by atoms with van der Waals surface area (Å²) in [5.41, 5.74) is 5.77. The number of hydrogen-bond acceptors (Lipinski definition) is 3. The van der Waals surface area contributed by atoms with Crippen LogP contribution in [-0.4, -0.2) is 31.7 Å². The summed E-state index contributed by atoms with van der Waals surface area (Å²) in [7, 11) is 1.51. The molecule has 0 heterocycles. The van der Waals surface area contributed by atoms with Gasteiger partial charge in [-0.15, -0.1) is 0 Å². The summed E-state index contributed by atoms with van der Waals surface area (Å²) in [4.78, 5) is 11.1. The van der Waals surface area contributed by atoms with E-state index in [-0.39, 0.29) is 24.6 Å².